The van der Waals surface area contributed by atoms with Crippen LogP contribution < -0.4 is 5.06 Å². The van der Waals surface area contributed by atoms with E-state index in [0.29, 0.717) is 5.88 Å². The van der Waals surface area contributed by atoms with Gasteiger partial charge in [-0.2, -0.15) is 0 Å². The monoisotopic (exact) mass is 154 g/mol. The van der Waals surface area contributed by atoms with E-state index in [4.69, 9.17) is 5.21 Å². The first-order valence-corrected chi connectivity index (χ1v) is 3.91. The van der Waals surface area contributed by atoms with Gasteiger partial charge in [-0.3, -0.25) is 5.21 Å². The number of fused-ring (bicyclic) bond motifs is 1. The summed E-state index contributed by atoms with van der Waals surface area (Å²) < 4.78 is 0. The molecule has 1 N–H and O–H groups in total. The Morgan fingerprint density at radius 2 is 2.60 bits per heavy atom. The molecule has 0 radical (unpaired) electrons. The summed E-state index contributed by atoms with van der Waals surface area (Å²) in [6, 6.07) is 3.66. The number of anilines is 1. The van der Waals surface area contributed by atoms with Gasteiger partial charge in [0.25, 0.3) is 0 Å². The minimum absolute atomic E-state index is 0.590. The second-order valence-corrected chi connectivity index (χ2v) is 2.93. The van der Waals surface area contributed by atoms with Crippen LogP contribution in [0, 0.1) is 0 Å². The van der Waals surface area contributed by atoms with E-state index in [1.54, 1.807) is 18.0 Å². The fourth-order valence-electron chi connectivity index (χ4n) is 0.882. The lowest BCUT2D eigenvalue weighted by Crippen LogP contribution is -2.11. The van der Waals surface area contributed by atoms with Gasteiger partial charge in [0.05, 0.1) is 11.6 Å². The molecule has 10 heavy (non-hydrogen) atoms. The molecule has 0 aromatic carbocycles. The molecule has 0 unspecified atom stereocenters. The zero-order valence-electron chi connectivity index (χ0n) is 5.19. The molecular weight excluding hydrogens is 148 g/mol. The smallest absolute Gasteiger partial charge is 0.124 e. The third kappa shape index (κ3) is 0.767. The minimum Gasteiger partial charge on any atom is -0.288 e. The van der Waals surface area contributed by atoms with Crippen LogP contribution in [0.2, 0.25) is 0 Å². The zero-order valence-corrected chi connectivity index (χ0v) is 6.01. The standard InChI is InChI=1S/C6H6N2OS/c9-8-4-10-6-5(8)2-1-3-7-6/h1-3,9H,4H2. The third-order valence-corrected chi connectivity index (χ3v) is 2.31. The number of hydrogen-bond donors (Lipinski definition) is 1. The lowest BCUT2D eigenvalue weighted by molar-refractivity contribution is 0.275. The van der Waals surface area contributed by atoms with Crippen molar-refractivity contribution in [2.75, 3.05) is 10.9 Å². The molecule has 0 spiro atoms. The van der Waals surface area contributed by atoms with Gasteiger partial charge in [0, 0.05) is 6.20 Å². The van der Waals surface area contributed by atoms with Crippen LogP contribution in [0.1, 0.15) is 0 Å². The van der Waals surface area contributed by atoms with Crippen molar-refractivity contribution >= 4 is 17.4 Å². The highest BCUT2D eigenvalue weighted by atomic mass is 32.2. The lowest BCUT2D eigenvalue weighted by Gasteiger charge is -2.05. The van der Waals surface area contributed by atoms with Gasteiger partial charge in [0.2, 0.25) is 0 Å². The van der Waals surface area contributed by atoms with E-state index in [9.17, 15) is 0 Å². The van der Waals surface area contributed by atoms with Crippen LogP contribution in [-0.2, 0) is 0 Å². The molecule has 1 aliphatic heterocycles. The predicted molar refractivity (Wildman–Crippen MR) is 39.2 cm³/mol. The Bertz CT molecular complexity index is 253. The summed E-state index contributed by atoms with van der Waals surface area (Å²) >= 11 is 1.54. The molecule has 4 heteroatoms. The van der Waals surface area contributed by atoms with Crippen LogP contribution in [0.3, 0.4) is 0 Å². The first-order valence-electron chi connectivity index (χ1n) is 2.92. The van der Waals surface area contributed by atoms with Crippen molar-refractivity contribution in [3.05, 3.63) is 18.3 Å². The molecule has 0 amide bonds. The molecule has 1 aliphatic rings. The number of thioether (sulfide) groups is 1. The van der Waals surface area contributed by atoms with Crippen LogP contribution >= 0.6 is 11.8 Å². The summed E-state index contributed by atoms with van der Waals surface area (Å²) in [4.78, 5) is 4.07. The minimum atomic E-state index is 0.590. The summed E-state index contributed by atoms with van der Waals surface area (Å²) in [7, 11) is 0. The molecule has 52 valence electrons. The number of aromatic nitrogens is 1. The first-order chi connectivity index (χ1) is 4.88. The molecule has 2 heterocycles. The average Bonchev–Trinajstić information content (AvgIpc) is 2.34. The molecule has 3 nitrogen and oxygen atoms in total. The Kier molecular flexibility index (Phi) is 1.28. The Labute approximate surface area is 62.6 Å². The van der Waals surface area contributed by atoms with E-state index in [1.807, 2.05) is 12.1 Å². The van der Waals surface area contributed by atoms with E-state index in [0.717, 1.165) is 10.7 Å². The lowest BCUT2D eigenvalue weighted by atomic mass is 10.4. The summed E-state index contributed by atoms with van der Waals surface area (Å²) in [5.74, 6) is 0.590. The van der Waals surface area contributed by atoms with Gasteiger partial charge in [0.1, 0.15) is 5.03 Å². The van der Waals surface area contributed by atoms with E-state index in [1.165, 1.54) is 5.06 Å². The largest absolute Gasteiger partial charge is 0.288 e. The van der Waals surface area contributed by atoms with Gasteiger partial charge in [-0.25, -0.2) is 10.0 Å². The molecular formula is C6H6N2OS. The van der Waals surface area contributed by atoms with Crippen LogP contribution in [0.4, 0.5) is 5.69 Å². The molecule has 0 saturated heterocycles. The van der Waals surface area contributed by atoms with Gasteiger partial charge in [0.15, 0.2) is 0 Å². The second-order valence-electron chi connectivity index (χ2n) is 2.00. The van der Waals surface area contributed by atoms with Gasteiger partial charge in [-0.15, -0.1) is 0 Å². The summed E-state index contributed by atoms with van der Waals surface area (Å²) in [6.45, 7) is 0. The van der Waals surface area contributed by atoms with E-state index in [-0.39, 0.29) is 0 Å². The summed E-state index contributed by atoms with van der Waals surface area (Å²) in [5.41, 5.74) is 0.813. The van der Waals surface area contributed by atoms with Crippen molar-refractivity contribution in [2.45, 2.75) is 5.03 Å². The Hall–Kier alpha value is -0.740. The number of rotatable bonds is 0. The first kappa shape index (κ1) is 6.00. The predicted octanol–water partition coefficient (Wildman–Crippen LogP) is 1.34. The molecule has 1 aromatic rings. The number of pyridine rings is 1. The van der Waals surface area contributed by atoms with Gasteiger partial charge >= 0.3 is 0 Å². The molecule has 0 fully saturated rings. The van der Waals surface area contributed by atoms with Crippen molar-refractivity contribution in [3.63, 3.8) is 0 Å². The summed E-state index contributed by atoms with van der Waals surface area (Å²) in [5, 5.41) is 11.3. The highest BCUT2D eigenvalue weighted by Gasteiger charge is 2.17. The fraction of sp³-hybridized carbons (Fsp3) is 0.167. The summed E-state index contributed by atoms with van der Waals surface area (Å²) in [6.07, 6.45) is 1.73. The van der Waals surface area contributed by atoms with E-state index < -0.39 is 0 Å². The highest BCUT2D eigenvalue weighted by molar-refractivity contribution is 7.99. The Morgan fingerprint density at radius 3 is 3.40 bits per heavy atom. The molecule has 1 aromatic heterocycles. The number of hydroxylamine groups is 1. The molecule has 2 rings (SSSR count). The number of hydrogen-bond acceptors (Lipinski definition) is 4. The zero-order chi connectivity index (χ0) is 6.97. The maximum absolute atomic E-state index is 9.15. The third-order valence-electron chi connectivity index (χ3n) is 1.35. The Balaban J connectivity index is 2.51. The SMILES string of the molecule is ON1CSc2ncccc21. The quantitative estimate of drug-likeness (QED) is 0.611. The molecule has 0 aliphatic carbocycles. The van der Waals surface area contributed by atoms with Crippen LogP contribution in [0.25, 0.3) is 0 Å². The molecule has 0 bridgehead atoms. The second kappa shape index (κ2) is 2.14. The van der Waals surface area contributed by atoms with Crippen molar-refractivity contribution in [3.8, 4) is 0 Å². The van der Waals surface area contributed by atoms with Crippen LogP contribution in [-0.4, -0.2) is 16.1 Å². The van der Waals surface area contributed by atoms with Crippen LogP contribution in [0.15, 0.2) is 23.4 Å². The van der Waals surface area contributed by atoms with E-state index >= 15 is 0 Å². The average molecular weight is 154 g/mol. The topological polar surface area (TPSA) is 36.4 Å². The molecule has 0 atom stereocenters. The van der Waals surface area contributed by atoms with Crippen LogP contribution in [0.5, 0.6) is 0 Å². The van der Waals surface area contributed by atoms with Crippen molar-refractivity contribution in [1.82, 2.24) is 4.98 Å². The van der Waals surface area contributed by atoms with Crippen molar-refractivity contribution < 1.29 is 5.21 Å². The molecule has 0 saturated carbocycles. The normalized spacial score (nSPS) is 15.5. The van der Waals surface area contributed by atoms with E-state index in [2.05, 4.69) is 4.98 Å². The van der Waals surface area contributed by atoms with Gasteiger partial charge < -0.3 is 0 Å². The highest BCUT2D eigenvalue weighted by Crippen LogP contribution is 2.34. The van der Waals surface area contributed by atoms with Gasteiger partial charge in [-0.05, 0) is 12.1 Å². The maximum atomic E-state index is 9.15. The number of nitrogens with zero attached hydrogens (tertiary/aromatic N) is 2. The Morgan fingerprint density at radius 1 is 1.70 bits per heavy atom. The van der Waals surface area contributed by atoms with Crippen molar-refractivity contribution in [1.29, 1.82) is 0 Å². The van der Waals surface area contributed by atoms with Gasteiger partial charge in [-0.1, -0.05) is 11.8 Å². The maximum Gasteiger partial charge on any atom is 0.124 e. The fourth-order valence-corrected chi connectivity index (χ4v) is 1.72. The van der Waals surface area contributed by atoms with Crippen molar-refractivity contribution in [2.24, 2.45) is 0 Å².